The fourth-order valence-electron chi connectivity index (χ4n) is 9.04. The van der Waals surface area contributed by atoms with Crippen LogP contribution in [0.4, 0.5) is 0 Å². The molecule has 0 radical (unpaired) electrons. The van der Waals surface area contributed by atoms with Crippen molar-refractivity contribution in [1.82, 2.24) is 0 Å². The Balaban J connectivity index is 2.48. The summed E-state index contributed by atoms with van der Waals surface area (Å²) in [5.74, 6) is 0. The molecule has 0 N–H and O–H groups in total. The first-order valence-electron chi connectivity index (χ1n) is 24.8. The van der Waals surface area contributed by atoms with E-state index in [0.717, 1.165) is 0 Å². The van der Waals surface area contributed by atoms with Crippen LogP contribution in [-0.4, -0.2) is 0 Å². The number of rotatable bonds is 43. The minimum Gasteiger partial charge on any atom is -0.0654 e. The molecule has 0 unspecified atom stereocenters. The zero-order valence-electron chi connectivity index (χ0n) is 36.6. The summed E-state index contributed by atoms with van der Waals surface area (Å²) in [6.45, 7) is 6.97. The van der Waals surface area contributed by atoms with Crippen LogP contribution in [0, 0.1) is 0 Å². The Morgan fingerprint density at radius 1 is 0.250 bits per heavy atom. The summed E-state index contributed by atoms with van der Waals surface area (Å²) in [5.41, 5.74) is 2.08. The van der Waals surface area contributed by atoms with Crippen molar-refractivity contribution in [2.75, 3.05) is 0 Å². The predicted octanol–water partition coefficient (Wildman–Crippen LogP) is 19.4. The summed E-state index contributed by atoms with van der Waals surface area (Å²) in [6, 6.07) is 11.9. The van der Waals surface area contributed by atoms with Crippen molar-refractivity contribution in [2.24, 2.45) is 0 Å². The van der Waals surface area contributed by atoms with Gasteiger partial charge in [0.05, 0.1) is 0 Å². The summed E-state index contributed by atoms with van der Waals surface area (Å²) in [4.78, 5) is 0. The normalized spacial score (nSPS) is 11.9. The quantitative estimate of drug-likeness (QED) is 0.0589. The highest BCUT2D eigenvalue weighted by Crippen LogP contribution is 2.41. The van der Waals surface area contributed by atoms with Gasteiger partial charge in [-0.1, -0.05) is 302 Å². The summed E-state index contributed by atoms with van der Waals surface area (Å²) in [5, 5.41) is 0. The third-order valence-electron chi connectivity index (χ3n) is 12.7. The molecule has 0 spiro atoms. The first-order chi connectivity index (χ1) is 25.8. The number of unbranched alkanes of at least 4 members (excludes halogenated alkanes) is 36. The molecule has 0 bridgehead atoms. The lowest BCUT2D eigenvalue weighted by molar-refractivity contribution is 0.299. The van der Waals surface area contributed by atoms with Crippen LogP contribution in [0.1, 0.15) is 296 Å². The highest BCUT2D eigenvalue weighted by Gasteiger charge is 2.30. The molecule has 0 saturated carbocycles. The summed E-state index contributed by atoms with van der Waals surface area (Å²) >= 11 is 0. The van der Waals surface area contributed by atoms with Crippen LogP contribution in [0.25, 0.3) is 0 Å². The topological polar surface area (TPSA) is 0 Å². The molecule has 0 atom stereocenters. The lowest BCUT2D eigenvalue weighted by Crippen LogP contribution is -2.26. The molecule has 0 nitrogen and oxygen atoms in total. The molecule has 0 fully saturated rings. The average Bonchev–Trinajstić information content (AvgIpc) is 3.17. The maximum absolute atomic E-state index is 2.51. The lowest BCUT2D eigenvalue weighted by atomic mass is 9.69. The van der Waals surface area contributed by atoms with Crippen molar-refractivity contribution >= 4 is 0 Å². The molecule has 1 aromatic rings. The first kappa shape index (κ1) is 49.2. The molecule has 306 valence electrons. The minimum absolute atomic E-state index is 0.411. The second-order valence-corrected chi connectivity index (χ2v) is 17.6. The van der Waals surface area contributed by atoms with Gasteiger partial charge in [-0.3, -0.25) is 0 Å². The van der Waals surface area contributed by atoms with Gasteiger partial charge in [0.15, 0.2) is 0 Å². The molecule has 1 rings (SSSR count). The Hall–Kier alpha value is -0.780. The van der Waals surface area contributed by atoms with Crippen molar-refractivity contribution < 1.29 is 0 Å². The Kier molecular flexibility index (Phi) is 37.8. The zero-order valence-corrected chi connectivity index (χ0v) is 36.6. The van der Waals surface area contributed by atoms with Gasteiger partial charge in [0.1, 0.15) is 0 Å². The van der Waals surface area contributed by atoms with E-state index in [2.05, 4.69) is 51.1 Å². The van der Waals surface area contributed by atoms with Gasteiger partial charge in [-0.2, -0.15) is 0 Å². The van der Waals surface area contributed by atoms with Crippen LogP contribution >= 0.6 is 0 Å². The van der Waals surface area contributed by atoms with Gasteiger partial charge in [0.2, 0.25) is 0 Å². The summed E-state index contributed by atoms with van der Waals surface area (Å²) in [7, 11) is 0. The monoisotopic (exact) mass is 723 g/mol. The van der Waals surface area contributed by atoms with Crippen molar-refractivity contribution in [3.63, 3.8) is 0 Å². The van der Waals surface area contributed by atoms with E-state index in [9.17, 15) is 0 Å². The van der Waals surface area contributed by atoms with Crippen molar-refractivity contribution in [1.29, 1.82) is 0 Å². The van der Waals surface area contributed by atoms with E-state index in [0.29, 0.717) is 5.41 Å². The molecule has 52 heavy (non-hydrogen) atoms. The molecule has 0 saturated heterocycles. The van der Waals surface area contributed by atoms with Gasteiger partial charge in [-0.15, -0.1) is 0 Å². The second kappa shape index (κ2) is 39.9. The van der Waals surface area contributed by atoms with Crippen molar-refractivity contribution in [2.45, 2.75) is 296 Å². The van der Waals surface area contributed by atoms with Crippen LogP contribution in [0.3, 0.4) is 0 Å². The average molecular weight is 723 g/mol. The van der Waals surface area contributed by atoms with Crippen molar-refractivity contribution in [3.05, 3.63) is 35.9 Å². The zero-order chi connectivity index (χ0) is 37.3. The fourth-order valence-corrected chi connectivity index (χ4v) is 9.04. The molecule has 0 aromatic heterocycles. The minimum atomic E-state index is 0.411. The molecule has 0 heterocycles. The first-order valence-corrected chi connectivity index (χ1v) is 24.8. The van der Waals surface area contributed by atoms with Crippen LogP contribution in [-0.2, 0) is 5.41 Å². The number of hydrogen-bond donors (Lipinski definition) is 0. The summed E-state index contributed by atoms with van der Waals surface area (Å²) in [6.07, 6.45) is 60.9. The Bertz CT molecular complexity index is 704. The molecule has 0 aliphatic carbocycles. The van der Waals surface area contributed by atoms with Gasteiger partial charge in [-0.05, 0) is 30.2 Å². The number of hydrogen-bond acceptors (Lipinski definition) is 0. The smallest absolute Gasteiger partial charge is 0.00470 e. The van der Waals surface area contributed by atoms with E-state index < -0.39 is 0 Å². The van der Waals surface area contributed by atoms with Crippen molar-refractivity contribution in [3.8, 4) is 0 Å². The standard InChI is InChI=1S/C52H98/c1-4-7-10-13-16-19-22-25-28-31-34-37-43-48-52(51-46-41-40-42-47-51,49-44-38-35-32-29-26-23-20-17-14-11-8-5-2)50-45-39-36-33-30-27-24-21-18-15-12-9-6-3/h40-42,46-47H,4-39,43-45,48-50H2,1-3H3. The highest BCUT2D eigenvalue weighted by atomic mass is 14.3. The van der Waals surface area contributed by atoms with E-state index >= 15 is 0 Å². The van der Waals surface area contributed by atoms with E-state index in [4.69, 9.17) is 0 Å². The Labute approximate surface area is 330 Å². The van der Waals surface area contributed by atoms with E-state index in [-0.39, 0.29) is 0 Å². The van der Waals surface area contributed by atoms with E-state index in [1.807, 2.05) is 0 Å². The summed E-state index contributed by atoms with van der Waals surface area (Å²) < 4.78 is 0. The largest absolute Gasteiger partial charge is 0.0654 e. The molecule has 0 aliphatic rings. The molecule has 1 aromatic carbocycles. The van der Waals surface area contributed by atoms with Crippen LogP contribution < -0.4 is 0 Å². The maximum atomic E-state index is 2.51. The predicted molar refractivity (Wildman–Crippen MR) is 239 cm³/mol. The van der Waals surface area contributed by atoms with Crippen LogP contribution in [0.2, 0.25) is 0 Å². The number of benzene rings is 1. The van der Waals surface area contributed by atoms with Gasteiger partial charge in [-0.25, -0.2) is 0 Å². The maximum Gasteiger partial charge on any atom is -0.00470 e. The molecule has 0 heteroatoms. The Morgan fingerprint density at radius 2 is 0.442 bits per heavy atom. The van der Waals surface area contributed by atoms with Gasteiger partial charge in [0.25, 0.3) is 0 Å². The molecule has 0 amide bonds. The second-order valence-electron chi connectivity index (χ2n) is 17.6. The van der Waals surface area contributed by atoms with Gasteiger partial charge >= 0.3 is 0 Å². The lowest BCUT2D eigenvalue weighted by Gasteiger charge is -2.35. The third-order valence-corrected chi connectivity index (χ3v) is 12.7. The van der Waals surface area contributed by atoms with Gasteiger partial charge in [0, 0.05) is 0 Å². The highest BCUT2D eigenvalue weighted by molar-refractivity contribution is 5.25. The van der Waals surface area contributed by atoms with Crippen LogP contribution in [0.15, 0.2) is 30.3 Å². The van der Waals surface area contributed by atoms with Crippen LogP contribution in [0.5, 0.6) is 0 Å². The van der Waals surface area contributed by atoms with E-state index in [1.165, 1.54) is 270 Å². The molecule has 0 aliphatic heterocycles. The Morgan fingerprint density at radius 3 is 0.654 bits per heavy atom. The molecular weight excluding hydrogens is 625 g/mol. The van der Waals surface area contributed by atoms with E-state index in [1.54, 1.807) is 5.56 Å². The SMILES string of the molecule is CCCCCCCCCCCCCCCC(CCCCCCCCCCCCCCC)(CCCCCCCCCCCCCCC)c1ccccc1. The fraction of sp³-hybridized carbons (Fsp3) is 0.885. The molecular formula is C52H98. The third kappa shape index (κ3) is 30.5. The van der Waals surface area contributed by atoms with Gasteiger partial charge < -0.3 is 0 Å².